The lowest BCUT2D eigenvalue weighted by atomic mass is 10.1. The molecule has 2 aromatic heterocycles. The number of carbonyl (C=O) groups excluding carboxylic acids is 2. The summed E-state index contributed by atoms with van der Waals surface area (Å²) in [6.45, 7) is 2.56. The predicted octanol–water partition coefficient (Wildman–Crippen LogP) is 1.74. The smallest absolute Gasteiger partial charge is 0.289 e. The summed E-state index contributed by atoms with van der Waals surface area (Å²) in [6.07, 6.45) is 1.37. The molecule has 2 aliphatic rings. The number of fused-ring (bicyclic) bond motifs is 1. The fourth-order valence-corrected chi connectivity index (χ4v) is 3.87. The number of benzene rings is 1. The minimum absolute atomic E-state index is 0.112. The van der Waals surface area contributed by atoms with Crippen molar-refractivity contribution in [2.24, 2.45) is 0 Å². The number of ether oxygens (including phenoxy) is 1. The zero-order valence-corrected chi connectivity index (χ0v) is 16.3. The topological polar surface area (TPSA) is 93.7 Å². The van der Waals surface area contributed by atoms with Gasteiger partial charge in [0.15, 0.2) is 11.5 Å². The van der Waals surface area contributed by atoms with Crippen LogP contribution in [0.25, 0.3) is 0 Å². The van der Waals surface area contributed by atoms with Crippen molar-refractivity contribution in [3.63, 3.8) is 0 Å². The molecule has 9 heteroatoms. The van der Waals surface area contributed by atoms with Crippen LogP contribution in [0, 0.1) is 0 Å². The quantitative estimate of drug-likeness (QED) is 0.657. The molecule has 0 bridgehead atoms. The first-order valence-electron chi connectivity index (χ1n) is 9.91. The van der Waals surface area contributed by atoms with E-state index in [0.29, 0.717) is 49.9 Å². The lowest BCUT2D eigenvalue weighted by molar-refractivity contribution is -0.00203. The van der Waals surface area contributed by atoms with Gasteiger partial charge in [-0.15, -0.1) is 5.10 Å². The van der Waals surface area contributed by atoms with Crippen LogP contribution in [-0.2, 0) is 17.9 Å². The SMILES string of the molecule is O=C(c1ccco1)N1CCN(C(=O)c2nnn3c2CO[C@@H](c2ccccc2)C3)CC1. The summed E-state index contributed by atoms with van der Waals surface area (Å²) in [5.74, 6) is -0.0242. The highest BCUT2D eigenvalue weighted by atomic mass is 16.5. The third kappa shape index (κ3) is 3.37. The van der Waals surface area contributed by atoms with Gasteiger partial charge in [-0.05, 0) is 17.7 Å². The van der Waals surface area contributed by atoms with Crippen LogP contribution < -0.4 is 0 Å². The second kappa shape index (κ2) is 7.75. The third-order valence-corrected chi connectivity index (χ3v) is 5.56. The van der Waals surface area contributed by atoms with Gasteiger partial charge in [0.25, 0.3) is 11.8 Å². The van der Waals surface area contributed by atoms with Crippen LogP contribution in [0.3, 0.4) is 0 Å². The van der Waals surface area contributed by atoms with Crippen molar-refractivity contribution in [3.8, 4) is 0 Å². The van der Waals surface area contributed by atoms with E-state index in [1.165, 1.54) is 6.26 Å². The Morgan fingerprint density at radius 3 is 2.37 bits per heavy atom. The summed E-state index contributed by atoms with van der Waals surface area (Å²) in [5.41, 5.74) is 2.09. The lowest BCUT2D eigenvalue weighted by Gasteiger charge is -2.34. The highest BCUT2D eigenvalue weighted by Gasteiger charge is 2.32. The summed E-state index contributed by atoms with van der Waals surface area (Å²) < 4.78 is 12.9. The Morgan fingerprint density at radius 1 is 0.933 bits per heavy atom. The molecule has 4 heterocycles. The Hall–Kier alpha value is -3.46. The Labute approximate surface area is 172 Å². The number of hydrogen-bond acceptors (Lipinski definition) is 6. The minimum atomic E-state index is -0.178. The molecular formula is C21H21N5O4. The summed E-state index contributed by atoms with van der Waals surface area (Å²) in [4.78, 5) is 28.8. The second-order valence-electron chi connectivity index (χ2n) is 7.34. The van der Waals surface area contributed by atoms with Gasteiger partial charge in [0.05, 0.1) is 25.1 Å². The van der Waals surface area contributed by atoms with Crippen molar-refractivity contribution in [2.75, 3.05) is 26.2 Å². The molecule has 1 aromatic carbocycles. The number of aromatic nitrogens is 3. The number of rotatable bonds is 3. The zero-order valence-electron chi connectivity index (χ0n) is 16.3. The summed E-state index contributed by atoms with van der Waals surface area (Å²) in [5, 5.41) is 8.33. The Kier molecular flexibility index (Phi) is 4.80. The molecule has 0 aliphatic carbocycles. The van der Waals surface area contributed by atoms with E-state index in [-0.39, 0.29) is 24.5 Å². The van der Waals surface area contributed by atoms with Gasteiger partial charge < -0.3 is 19.0 Å². The van der Waals surface area contributed by atoms with Crippen molar-refractivity contribution in [3.05, 3.63) is 71.4 Å². The third-order valence-electron chi connectivity index (χ3n) is 5.56. The fourth-order valence-electron chi connectivity index (χ4n) is 3.87. The van der Waals surface area contributed by atoms with Crippen molar-refractivity contribution < 1.29 is 18.7 Å². The Balaban J connectivity index is 1.24. The van der Waals surface area contributed by atoms with E-state index in [9.17, 15) is 9.59 Å². The fraction of sp³-hybridized carbons (Fsp3) is 0.333. The number of nitrogens with zero attached hydrogens (tertiary/aromatic N) is 5. The number of furan rings is 1. The van der Waals surface area contributed by atoms with Gasteiger partial charge in [0.1, 0.15) is 6.10 Å². The van der Waals surface area contributed by atoms with Gasteiger partial charge in [-0.25, -0.2) is 4.68 Å². The molecule has 0 spiro atoms. The normalized spacial score (nSPS) is 18.9. The van der Waals surface area contributed by atoms with Gasteiger partial charge >= 0.3 is 0 Å². The monoisotopic (exact) mass is 407 g/mol. The summed E-state index contributed by atoms with van der Waals surface area (Å²) >= 11 is 0. The molecule has 3 aromatic rings. The number of amides is 2. The molecule has 9 nitrogen and oxygen atoms in total. The molecule has 0 unspecified atom stereocenters. The maximum absolute atomic E-state index is 13.0. The van der Waals surface area contributed by atoms with E-state index >= 15 is 0 Å². The highest BCUT2D eigenvalue weighted by molar-refractivity contribution is 5.94. The molecule has 0 saturated carbocycles. The van der Waals surface area contributed by atoms with E-state index in [4.69, 9.17) is 9.15 Å². The Morgan fingerprint density at radius 2 is 1.67 bits per heavy atom. The van der Waals surface area contributed by atoms with Gasteiger partial charge in [0.2, 0.25) is 0 Å². The molecule has 5 rings (SSSR count). The average Bonchev–Trinajstić information content (AvgIpc) is 3.49. The first-order chi connectivity index (χ1) is 14.7. The lowest BCUT2D eigenvalue weighted by Crippen LogP contribution is -2.50. The van der Waals surface area contributed by atoms with Crippen LogP contribution in [-0.4, -0.2) is 62.8 Å². The molecule has 0 N–H and O–H groups in total. The van der Waals surface area contributed by atoms with Crippen LogP contribution in [0.4, 0.5) is 0 Å². The number of hydrogen-bond donors (Lipinski definition) is 0. The molecular weight excluding hydrogens is 386 g/mol. The molecule has 0 radical (unpaired) electrons. The zero-order chi connectivity index (χ0) is 20.5. The first-order valence-corrected chi connectivity index (χ1v) is 9.91. The first kappa shape index (κ1) is 18.6. The van der Waals surface area contributed by atoms with Crippen LogP contribution in [0.5, 0.6) is 0 Å². The number of carbonyl (C=O) groups is 2. The second-order valence-corrected chi connectivity index (χ2v) is 7.34. The van der Waals surface area contributed by atoms with E-state index in [0.717, 1.165) is 5.56 Å². The standard InChI is InChI=1S/C21H21N5O4/c27-20(17-7-4-12-29-17)24-8-10-25(11-9-24)21(28)19-16-14-30-18(13-26(16)23-22-19)15-5-2-1-3-6-15/h1-7,12,18H,8-11,13-14H2/t18-/m1/s1. The molecule has 30 heavy (non-hydrogen) atoms. The Bertz CT molecular complexity index is 1040. The van der Waals surface area contributed by atoms with E-state index in [1.54, 1.807) is 26.6 Å². The summed E-state index contributed by atoms with van der Waals surface area (Å²) in [7, 11) is 0. The van der Waals surface area contributed by atoms with Crippen LogP contribution in [0.1, 0.15) is 38.4 Å². The van der Waals surface area contributed by atoms with Gasteiger partial charge in [0, 0.05) is 26.2 Å². The van der Waals surface area contributed by atoms with Gasteiger partial charge in [-0.3, -0.25) is 9.59 Å². The van der Waals surface area contributed by atoms with Gasteiger partial charge in [-0.1, -0.05) is 35.5 Å². The predicted molar refractivity (Wildman–Crippen MR) is 105 cm³/mol. The molecule has 2 aliphatic heterocycles. The maximum atomic E-state index is 13.0. The molecule has 1 saturated heterocycles. The van der Waals surface area contributed by atoms with Gasteiger partial charge in [-0.2, -0.15) is 0 Å². The maximum Gasteiger partial charge on any atom is 0.289 e. The average molecular weight is 407 g/mol. The van der Waals surface area contributed by atoms with Crippen LogP contribution in [0.15, 0.2) is 53.1 Å². The van der Waals surface area contributed by atoms with Crippen molar-refractivity contribution >= 4 is 11.8 Å². The van der Waals surface area contributed by atoms with Crippen molar-refractivity contribution in [1.29, 1.82) is 0 Å². The largest absolute Gasteiger partial charge is 0.459 e. The van der Waals surface area contributed by atoms with E-state index < -0.39 is 0 Å². The van der Waals surface area contributed by atoms with Crippen LogP contribution in [0.2, 0.25) is 0 Å². The molecule has 2 amide bonds. The minimum Gasteiger partial charge on any atom is -0.459 e. The van der Waals surface area contributed by atoms with E-state index in [1.807, 2.05) is 30.3 Å². The number of piperazine rings is 1. The summed E-state index contributed by atoms with van der Waals surface area (Å²) in [6, 6.07) is 13.3. The molecule has 154 valence electrons. The van der Waals surface area contributed by atoms with Crippen molar-refractivity contribution in [2.45, 2.75) is 19.3 Å². The van der Waals surface area contributed by atoms with Crippen LogP contribution >= 0.6 is 0 Å². The molecule has 1 atom stereocenters. The highest BCUT2D eigenvalue weighted by Crippen LogP contribution is 2.27. The van der Waals surface area contributed by atoms with Crippen molar-refractivity contribution in [1.82, 2.24) is 24.8 Å². The molecule has 1 fully saturated rings. The van der Waals surface area contributed by atoms with E-state index in [2.05, 4.69) is 10.3 Å².